The van der Waals surface area contributed by atoms with Gasteiger partial charge < -0.3 is 19.9 Å². The van der Waals surface area contributed by atoms with Crippen LogP contribution in [0.1, 0.15) is 59.4 Å². The molecule has 1 aliphatic heterocycles. The predicted octanol–water partition coefficient (Wildman–Crippen LogP) is 4.34. The van der Waals surface area contributed by atoms with E-state index in [1.807, 2.05) is 57.2 Å². The number of aromatic hydroxyl groups is 1. The van der Waals surface area contributed by atoms with E-state index in [0.29, 0.717) is 41.8 Å². The summed E-state index contributed by atoms with van der Waals surface area (Å²) in [6, 6.07) is 9.29. The van der Waals surface area contributed by atoms with Crippen LogP contribution in [0.4, 0.5) is 5.69 Å². The van der Waals surface area contributed by atoms with Crippen LogP contribution in [-0.2, 0) is 36.0 Å². The maximum Gasteiger partial charge on any atom is 0.342 e. The van der Waals surface area contributed by atoms with Crippen LogP contribution in [0.25, 0.3) is 5.69 Å². The van der Waals surface area contributed by atoms with Gasteiger partial charge >= 0.3 is 5.97 Å². The number of rotatable bonds is 9. The van der Waals surface area contributed by atoms with Crippen molar-refractivity contribution in [1.29, 1.82) is 0 Å². The summed E-state index contributed by atoms with van der Waals surface area (Å²) in [5.74, 6) is -0.405. The number of esters is 1. The topological polar surface area (TPSA) is 112 Å². The zero-order chi connectivity index (χ0) is 27.6. The van der Waals surface area contributed by atoms with E-state index in [-0.39, 0.29) is 35.8 Å². The number of hydrogen-bond donors (Lipinski definition) is 2. The number of nitrogens with one attached hydrogen (secondary N) is 1. The van der Waals surface area contributed by atoms with Crippen LogP contribution in [0.15, 0.2) is 46.8 Å². The van der Waals surface area contributed by atoms with E-state index in [1.54, 1.807) is 16.4 Å². The van der Waals surface area contributed by atoms with E-state index in [9.17, 15) is 19.5 Å². The summed E-state index contributed by atoms with van der Waals surface area (Å²) in [6.45, 7) is 5.79. The van der Waals surface area contributed by atoms with Gasteiger partial charge in [0.15, 0.2) is 0 Å². The molecule has 2 aromatic carbocycles. The lowest BCUT2D eigenvalue weighted by Gasteiger charge is -2.15. The van der Waals surface area contributed by atoms with E-state index in [4.69, 9.17) is 9.47 Å². The third kappa shape index (κ3) is 4.83. The van der Waals surface area contributed by atoms with Gasteiger partial charge in [0.05, 0.1) is 18.5 Å². The number of aromatic nitrogens is 2. The van der Waals surface area contributed by atoms with Gasteiger partial charge in [-0.05, 0) is 50.8 Å². The Morgan fingerprint density at radius 2 is 1.92 bits per heavy atom. The number of phenolic OH excluding ortho intramolecular Hbond substituents is 1. The number of nitrogens with zero attached hydrogens (tertiary/aromatic N) is 2. The van der Waals surface area contributed by atoms with Gasteiger partial charge in [-0.3, -0.25) is 14.3 Å². The quantitative estimate of drug-likeness (QED) is 0.321. The van der Waals surface area contributed by atoms with E-state index < -0.39 is 5.97 Å². The molecule has 0 saturated carbocycles. The highest BCUT2D eigenvalue weighted by molar-refractivity contribution is 5.98. The lowest BCUT2D eigenvalue weighted by Crippen LogP contribution is -2.22. The molecule has 9 heteroatoms. The number of cyclic esters (lactones) is 1. The van der Waals surface area contributed by atoms with Crippen LogP contribution < -0.4 is 15.6 Å². The maximum absolute atomic E-state index is 13.2. The minimum Gasteiger partial charge on any atom is -0.507 e. The van der Waals surface area contributed by atoms with Gasteiger partial charge in [-0.1, -0.05) is 36.8 Å². The zero-order valence-electron chi connectivity index (χ0n) is 22.4. The molecule has 2 heterocycles. The monoisotopic (exact) mass is 519 g/mol. The largest absolute Gasteiger partial charge is 0.507 e. The molecule has 9 nitrogen and oxygen atoms in total. The summed E-state index contributed by atoms with van der Waals surface area (Å²) in [7, 11) is 3.33. The number of hydrogen-bond acceptors (Lipinski definition) is 6. The molecular formula is C29H33N3O6. The molecule has 1 aromatic heterocycles. The first kappa shape index (κ1) is 26.8. The first-order valence-corrected chi connectivity index (χ1v) is 12.6. The molecule has 4 rings (SSSR count). The summed E-state index contributed by atoms with van der Waals surface area (Å²) in [5.41, 5.74) is 4.52. The molecule has 0 saturated heterocycles. The number of carbonyl (C=O) groups excluding carboxylic acids is 2. The summed E-state index contributed by atoms with van der Waals surface area (Å²) >= 11 is 0. The van der Waals surface area contributed by atoms with Gasteiger partial charge in [0.2, 0.25) is 5.91 Å². The van der Waals surface area contributed by atoms with Crippen LogP contribution in [0.5, 0.6) is 11.5 Å². The van der Waals surface area contributed by atoms with E-state index in [2.05, 4.69) is 5.32 Å². The molecule has 1 aliphatic rings. The third-order valence-corrected chi connectivity index (χ3v) is 7.03. The summed E-state index contributed by atoms with van der Waals surface area (Å²) in [5, 5.41) is 13.6. The SMILES string of the molecule is CCc1c(NC(=O)CC/C(C)=C/Cc2c(O)c3c(c(C)c2OC)COC3=O)c(=O)n(-c2ccccc2)n1C. The second-order valence-electron chi connectivity index (χ2n) is 9.37. The molecule has 0 radical (unpaired) electrons. The van der Waals surface area contributed by atoms with Gasteiger partial charge in [0, 0.05) is 24.6 Å². The summed E-state index contributed by atoms with van der Waals surface area (Å²) < 4.78 is 14.0. The van der Waals surface area contributed by atoms with Crippen molar-refractivity contribution in [1.82, 2.24) is 9.36 Å². The first-order chi connectivity index (χ1) is 18.2. The summed E-state index contributed by atoms with van der Waals surface area (Å²) in [4.78, 5) is 38.1. The smallest absolute Gasteiger partial charge is 0.342 e. The van der Waals surface area contributed by atoms with E-state index in [1.165, 1.54) is 7.11 Å². The Kier molecular flexibility index (Phi) is 7.75. The van der Waals surface area contributed by atoms with Crippen LogP contribution in [0.2, 0.25) is 0 Å². The van der Waals surface area contributed by atoms with Crippen molar-refractivity contribution in [2.24, 2.45) is 7.05 Å². The van der Waals surface area contributed by atoms with Crippen molar-refractivity contribution in [3.05, 3.63) is 80.3 Å². The number of anilines is 1. The molecule has 0 bridgehead atoms. The highest BCUT2D eigenvalue weighted by atomic mass is 16.5. The summed E-state index contributed by atoms with van der Waals surface area (Å²) in [6.07, 6.45) is 3.45. The van der Waals surface area contributed by atoms with Gasteiger partial charge in [0.25, 0.3) is 5.56 Å². The molecule has 38 heavy (non-hydrogen) atoms. The number of methoxy groups -OCH3 is 1. The molecule has 0 fully saturated rings. The molecule has 1 amide bonds. The Balaban J connectivity index is 1.47. The molecule has 200 valence electrons. The third-order valence-electron chi connectivity index (χ3n) is 7.03. The van der Waals surface area contributed by atoms with Crippen LogP contribution >= 0.6 is 0 Å². The first-order valence-electron chi connectivity index (χ1n) is 12.6. The van der Waals surface area contributed by atoms with Crippen molar-refractivity contribution in [3.63, 3.8) is 0 Å². The number of benzene rings is 2. The molecule has 0 aliphatic carbocycles. The lowest BCUT2D eigenvalue weighted by atomic mass is 9.94. The Morgan fingerprint density at radius 1 is 1.21 bits per heavy atom. The fourth-order valence-corrected chi connectivity index (χ4v) is 4.96. The zero-order valence-corrected chi connectivity index (χ0v) is 22.4. The van der Waals surface area contributed by atoms with Crippen molar-refractivity contribution < 1.29 is 24.2 Å². The van der Waals surface area contributed by atoms with Gasteiger partial charge in [-0.15, -0.1) is 0 Å². The molecule has 0 spiro atoms. The van der Waals surface area contributed by atoms with Crippen molar-refractivity contribution in [2.45, 2.75) is 53.1 Å². The molecule has 3 aromatic rings. The van der Waals surface area contributed by atoms with Crippen molar-refractivity contribution >= 4 is 17.6 Å². The molecule has 0 unspecified atom stereocenters. The Bertz CT molecular complexity index is 1480. The standard InChI is InChI=1S/C29H33N3O6/c1-6-22-25(28(35)32(31(22)4)19-10-8-7-9-11-19)30-23(33)15-13-17(2)12-14-20-26(34)24-21(16-38-29(24)36)18(3)27(20)37-5/h7-12,34H,6,13-16H2,1-5H3,(H,30,33)/b17-12+. The Labute approximate surface area is 221 Å². The number of phenols is 1. The average molecular weight is 520 g/mol. The fraction of sp³-hybridized carbons (Fsp3) is 0.345. The van der Waals surface area contributed by atoms with Crippen LogP contribution in [-0.4, -0.2) is 33.5 Å². The lowest BCUT2D eigenvalue weighted by molar-refractivity contribution is -0.116. The normalized spacial score (nSPS) is 12.9. The van der Waals surface area contributed by atoms with Crippen LogP contribution in [0, 0.1) is 6.92 Å². The number of amides is 1. The predicted molar refractivity (Wildman–Crippen MR) is 144 cm³/mol. The maximum atomic E-state index is 13.2. The van der Waals surface area contributed by atoms with Crippen molar-refractivity contribution in [3.8, 4) is 17.2 Å². The number of ether oxygens (including phenoxy) is 2. The second kappa shape index (κ2) is 11.0. The minimum absolute atomic E-state index is 0.117. The minimum atomic E-state index is -0.541. The van der Waals surface area contributed by atoms with Gasteiger partial charge in [0.1, 0.15) is 29.4 Å². The highest BCUT2D eigenvalue weighted by Crippen LogP contribution is 2.42. The number of allylic oxidation sites excluding steroid dienone is 2. The Morgan fingerprint density at radius 3 is 2.58 bits per heavy atom. The number of para-hydroxylation sites is 1. The van der Waals surface area contributed by atoms with Gasteiger partial charge in [-0.2, -0.15) is 0 Å². The highest BCUT2D eigenvalue weighted by Gasteiger charge is 2.31. The fourth-order valence-electron chi connectivity index (χ4n) is 4.96. The molecule has 2 N–H and O–H groups in total. The van der Waals surface area contributed by atoms with Gasteiger partial charge in [-0.25, -0.2) is 9.48 Å². The van der Waals surface area contributed by atoms with Crippen molar-refractivity contribution in [2.75, 3.05) is 12.4 Å². The number of carbonyl (C=O) groups is 2. The van der Waals surface area contributed by atoms with Crippen LogP contribution in [0.3, 0.4) is 0 Å². The van der Waals surface area contributed by atoms with E-state index >= 15 is 0 Å². The second-order valence-corrected chi connectivity index (χ2v) is 9.37. The average Bonchev–Trinajstić information content (AvgIpc) is 3.41. The molecule has 0 atom stereocenters. The van der Waals surface area contributed by atoms with E-state index in [0.717, 1.165) is 22.5 Å². The number of fused-ring (bicyclic) bond motifs is 1. The Hall–Kier alpha value is -4.27. The molecular weight excluding hydrogens is 486 g/mol.